The molecular formula is C12H21N3O4S2. The minimum Gasteiger partial charge on any atom is -0.385 e. The van der Waals surface area contributed by atoms with Gasteiger partial charge in [0.15, 0.2) is 0 Å². The predicted molar refractivity (Wildman–Crippen MR) is 80.3 cm³/mol. The first kappa shape index (κ1) is 18.0. The summed E-state index contributed by atoms with van der Waals surface area (Å²) in [6.07, 6.45) is 3.08. The Hall–Kier alpha value is -1.06. The highest BCUT2D eigenvalue weighted by molar-refractivity contribution is 7.93. The fraction of sp³-hybridized carbons (Fsp3) is 0.750. The molecular weight excluding hydrogens is 314 g/mol. The van der Waals surface area contributed by atoms with Crippen LogP contribution < -0.4 is 5.32 Å². The molecule has 1 heterocycles. The normalized spacial score (nSPS) is 11.5. The summed E-state index contributed by atoms with van der Waals surface area (Å²) in [5.41, 5.74) is 0. The maximum Gasteiger partial charge on any atom is 0.282 e. The summed E-state index contributed by atoms with van der Waals surface area (Å²) in [5, 5.41) is 10.00. The Balaban J connectivity index is 2.57. The van der Waals surface area contributed by atoms with Crippen molar-refractivity contribution in [2.75, 3.05) is 26.0 Å². The fourth-order valence-corrected chi connectivity index (χ4v) is 3.96. The Morgan fingerprint density at radius 3 is 2.71 bits per heavy atom. The summed E-state index contributed by atoms with van der Waals surface area (Å²) in [4.78, 5) is 11.8. The minimum absolute atomic E-state index is 0.0466. The number of hydrogen-bond donors (Lipinski definition) is 1. The van der Waals surface area contributed by atoms with Crippen molar-refractivity contribution in [3.63, 3.8) is 0 Å². The highest BCUT2D eigenvalue weighted by Gasteiger charge is 2.22. The quantitative estimate of drug-likeness (QED) is 0.647. The number of carbonyl (C=O) groups is 1. The van der Waals surface area contributed by atoms with Crippen molar-refractivity contribution < 1.29 is 17.9 Å². The molecule has 1 aromatic rings. The molecule has 7 nitrogen and oxygen atoms in total. The van der Waals surface area contributed by atoms with Crippen LogP contribution in [0.3, 0.4) is 0 Å². The second-order valence-electron chi connectivity index (χ2n) is 4.50. The Bertz CT molecular complexity index is 542. The van der Waals surface area contributed by atoms with Crippen molar-refractivity contribution in [1.29, 1.82) is 0 Å². The standard InChI is InChI=1S/C12H21N3O4S2/c1-3-4-5-9-21(17,18)12-15-14-11(20-12)10(16)13-7-6-8-19-2/h3-9H2,1-2H3,(H,13,16). The van der Waals surface area contributed by atoms with Crippen LogP contribution in [0, 0.1) is 0 Å². The van der Waals surface area contributed by atoms with E-state index in [0.29, 0.717) is 26.0 Å². The van der Waals surface area contributed by atoms with Gasteiger partial charge in [0.2, 0.25) is 19.2 Å². The Kier molecular flexibility index (Phi) is 7.76. The number of amides is 1. The highest BCUT2D eigenvalue weighted by atomic mass is 32.2. The zero-order chi connectivity index (χ0) is 15.7. The molecule has 0 atom stereocenters. The molecule has 1 N–H and O–H groups in total. The van der Waals surface area contributed by atoms with E-state index >= 15 is 0 Å². The van der Waals surface area contributed by atoms with Gasteiger partial charge in [-0.15, -0.1) is 10.2 Å². The number of nitrogens with zero attached hydrogens (tertiary/aromatic N) is 2. The molecule has 0 saturated carbocycles. The van der Waals surface area contributed by atoms with E-state index < -0.39 is 15.7 Å². The number of methoxy groups -OCH3 is 1. The second-order valence-corrected chi connectivity index (χ2v) is 7.76. The third-order valence-corrected chi connectivity index (χ3v) is 5.86. The molecule has 9 heteroatoms. The van der Waals surface area contributed by atoms with Crippen LogP contribution in [0.15, 0.2) is 4.34 Å². The fourth-order valence-electron chi connectivity index (χ4n) is 1.55. The van der Waals surface area contributed by atoms with Gasteiger partial charge in [0.25, 0.3) is 5.91 Å². The topological polar surface area (TPSA) is 98.3 Å². The summed E-state index contributed by atoms with van der Waals surface area (Å²) in [5.74, 6) is -0.358. The number of nitrogens with one attached hydrogen (secondary N) is 1. The molecule has 1 aromatic heterocycles. The summed E-state index contributed by atoms with van der Waals surface area (Å²) < 4.78 is 28.8. The SMILES string of the molecule is CCCCCS(=O)(=O)c1nnc(C(=O)NCCCOC)s1. The lowest BCUT2D eigenvalue weighted by Gasteiger charge is -2.01. The number of ether oxygens (including phenoxy) is 1. The van der Waals surface area contributed by atoms with Gasteiger partial charge in [-0.05, 0) is 12.8 Å². The molecule has 21 heavy (non-hydrogen) atoms. The first-order valence-electron chi connectivity index (χ1n) is 6.84. The van der Waals surface area contributed by atoms with Gasteiger partial charge >= 0.3 is 0 Å². The average Bonchev–Trinajstić information content (AvgIpc) is 2.94. The van der Waals surface area contributed by atoms with Crippen molar-refractivity contribution in [3.05, 3.63) is 5.01 Å². The lowest BCUT2D eigenvalue weighted by atomic mass is 10.3. The van der Waals surface area contributed by atoms with E-state index in [1.54, 1.807) is 7.11 Å². The predicted octanol–water partition coefficient (Wildman–Crippen LogP) is 1.27. The van der Waals surface area contributed by atoms with E-state index in [1.165, 1.54) is 0 Å². The molecule has 0 radical (unpaired) electrons. The van der Waals surface area contributed by atoms with Gasteiger partial charge in [-0.2, -0.15) is 0 Å². The zero-order valence-corrected chi connectivity index (χ0v) is 13.9. The number of rotatable bonds is 10. The molecule has 0 bridgehead atoms. The molecule has 1 amide bonds. The van der Waals surface area contributed by atoms with Crippen molar-refractivity contribution in [2.24, 2.45) is 0 Å². The second kappa shape index (κ2) is 9.06. The third kappa shape index (κ3) is 6.06. The zero-order valence-electron chi connectivity index (χ0n) is 12.3. The van der Waals surface area contributed by atoms with Crippen LogP contribution >= 0.6 is 11.3 Å². The van der Waals surface area contributed by atoms with Crippen LogP contribution in [0.2, 0.25) is 0 Å². The van der Waals surface area contributed by atoms with Crippen LogP contribution in [0.25, 0.3) is 0 Å². The molecule has 0 aliphatic carbocycles. The Labute approximate surface area is 129 Å². The lowest BCUT2D eigenvalue weighted by molar-refractivity contribution is 0.0947. The van der Waals surface area contributed by atoms with Gasteiger partial charge in [-0.3, -0.25) is 4.79 Å². The van der Waals surface area contributed by atoms with Crippen molar-refractivity contribution in [3.8, 4) is 0 Å². The van der Waals surface area contributed by atoms with E-state index in [9.17, 15) is 13.2 Å². The number of aromatic nitrogens is 2. The number of unbranched alkanes of at least 4 members (excludes halogenated alkanes) is 2. The van der Waals surface area contributed by atoms with E-state index in [2.05, 4.69) is 15.5 Å². The molecule has 0 unspecified atom stereocenters. The molecule has 0 fully saturated rings. The molecule has 120 valence electrons. The van der Waals surface area contributed by atoms with Crippen LogP contribution in [-0.2, 0) is 14.6 Å². The summed E-state index contributed by atoms with van der Waals surface area (Å²) in [6.45, 7) is 3.00. The molecule has 0 aliphatic rings. The van der Waals surface area contributed by atoms with Crippen LogP contribution in [0.4, 0.5) is 0 Å². The van der Waals surface area contributed by atoms with Crippen molar-refractivity contribution in [1.82, 2.24) is 15.5 Å². The van der Waals surface area contributed by atoms with Gasteiger partial charge in [-0.1, -0.05) is 31.1 Å². The maximum atomic E-state index is 12.0. The van der Waals surface area contributed by atoms with E-state index in [0.717, 1.165) is 24.2 Å². The smallest absolute Gasteiger partial charge is 0.282 e. The Morgan fingerprint density at radius 1 is 1.29 bits per heavy atom. The largest absolute Gasteiger partial charge is 0.385 e. The molecule has 0 saturated heterocycles. The summed E-state index contributed by atoms with van der Waals surface area (Å²) in [6, 6.07) is 0. The van der Waals surface area contributed by atoms with Crippen molar-refractivity contribution in [2.45, 2.75) is 36.9 Å². The third-order valence-electron chi connectivity index (χ3n) is 2.69. The van der Waals surface area contributed by atoms with Gasteiger partial charge in [-0.25, -0.2) is 8.42 Å². The minimum atomic E-state index is -3.43. The lowest BCUT2D eigenvalue weighted by Crippen LogP contribution is -2.25. The van der Waals surface area contributed by atoms with E-state index in [-0.39, 0.29) is 15.1 Å². The maximum absolute atomic E-state index is 12.0. The number of hydrogen-bond acceptors (Lipinski definition) is 7. The van der Waals surface area contributed by atoms with Gasteiger partial charge in [0.1, 0.15) is 0 Å². The first-order chi connectivity index (χ1) is 10.0. The molecule has 0 spiro atoms. The number of sulfone groups is 1. The van der Waals surface area contributed by atoms with Gasteiger partial charge in [0, 0.05) is 20.3 Å². The monoisotopic (exact) mass is 335 g/mol. The van der Waals surface area contributed by atoms with Crippen LogP contribution in [0.1, 0.15) is 42.4 Å². The van der Waals surface area contributed by atoms with E-state index in [1.807, 2.05) is 6.92 Å². The van der Waals surface area contributed by atoms with Gasteiger partial charge < -0.3 is 10.1 Å². The van der Waals surface area contributed by atoms with Crippen LogP contribution in [-0.4, -0.2) is 50.5 Å². The molecule has 0 aromatic carbocycles. The first-order valence-corrected chi connectivity index (χ1v) is 9.31. The van der Waals surface area contributed by atoms with Gasteiger partial charge in [0.05, 0.1) is 5.75 Å². The highest BCUT2D eigenvalue weighted by Crippen LogP contribution is 2.18. The number of carbonyl (C=O) groups excluding carboxylic acids is 1. The molecule has 1 rings (SSSR count). The summed E-state index contributed by atoms with van der Waals surface area (Å²) >= 11 is 0.816. The van der Waals surface area contributed by atoms with Crippen molar-refractivity contribution >= 4 is 27.1 Å². The average molecular weight is 335 g/mol. The van der Waals surface area contributed by atoms with Crippen LogP contribution in [0.5, 0.6) is 0 Å². The summed E-state index contributed by atoms with van der Waals surface area (Å²) in [7, 11) is -1.84. The van der Waals surface area contributed by atoms with E-state index in [4.69, 9.17) is 4.74 Å². The molecule has 0 aliphatic heterocycles. The Morgan fingerprint density at radius 2 is 2.05 bits per heavy atom.